The number of aromatic amines is 1. The molecule has 8 heteroatoms. The Balaban J connectivity index is 1.46. The lowest BCUT2D eigenvalue weighted by Crippen LogP contribution is -2.39. The van der Waals surface area contributed by atoms with Crippen molar-refractivity contribution in [1.82, 2.24) is 30.3 Å². The molecule has 0 spiro atoms. The predicted octanol–water partition coefficient (Wildman–Crippen LogP) is 3.60. The molecule has 0 radical (unpaired) electrons. The summed E-state index contributed by atoms with van der Waals surface area (Å²) in [6.07, 6.45) is 1.84. The molecule has 3 heterocycles. The summed E-state index contributed by atoms with van der Waals surface area (Å²) in [5.74, 6) is 1.88. The number of hydrogen-bond acceptors (Lipinski definition) is 5. The van der Waals surface area contributed by atoms with E-state index in [1.165, 1.54) is 0 Å². The van der Waals surface area contributed by atoms with Crippen molar-refractivity contribution in [2.75, 3.05) is 6.54 Å². The van der Waals surface area contributed by atoms with Crippen molar-refractivity contribution in [3.05, 3.63) is 41.3 Å². The third kappa shape index (κ3) is 3.46. The minimum Gasteiger partial charge on any atom is -0.340 e. The smallest absolute Gasteiger partial charge is 0.318 e. The van der Waals surface area contributed by atoms with Gasteiger partial charge in [-0.25, -0.2) is 9.78 Å². The molecule has 2 N–H and O–H groups in total. The fourth-order valence-electron chi connectivity index (χ4n) is 3.53. The first-order chi connectivity index (χ1) is 13.3. The summed E-state index contributed by atoms with van der Waals surface area (Å²) >= 11 is 0. The molecule has 1 aliphatic rings. The average Bonchev–Trinajstić information content (AvgIpc) is 3.36. The standard InChI is InChI=1S/C20H26N6O2/c1-12-7-5-8-13-16(12)24-17(22-13)14-9-6-10-26(14)19(27)21-11-15-23-18(25-28-15)20(2,3)4/h5,7-8,14H,6,9-11H2,1-4H3,(H,21,27)(H,22,24). The first-order valence-electron chi connectivity index (χ1n) is 9.65. The summed E-state index contributed by atoms with van der Waals surface area (Å²) in [4.78, 5) is 27.1. The van der Waals surface area contributed by atoms with Gasteiger partial charge in [-0.05, 0) is 31.4 Å². The van der Waals surface area contributed by atoms with E-state index in [0.29, 0.717) is 18.3 Å². The zero-order valence-electron chi connectivity index (χ0n) is 16.7. The Bertz CT molecular complexity index is 1000. The van der Waals surface area contributed by atoms with Crippen molar-refractivity contribution in [3.8, 4) is 0 Å². The molecule has 2 aromatic heterocycles. The van der Waals surface area contributed by atoms with Crippen LogP contribution in [0.3, 0.4) is 0 Å². The molecule has 1 aliphatic heterocycles. The van der Waals surface area contributed by atoms with E-state index in [1.54, 1.807) is 0 Å². The Labute approximate surface area is 163 Å². The molecule has 1 fully saturated rings. The van der Waals surface area contributed by atoms with Crippen LogP contribution in [0.5, 0.6) is 0 Å². The number of urea groups is 1. The van der Waals surface area contributed by atoms with Crippen LogP contribution in [0, 0.1) is 6.92 Å². The van der Waals surface area contributed by atoms with Gasteiger partial charge in [-0.1, -0.05) is 38.1 Å². The molecule has 2 amide bonds. The molecule has 148 valence electrons. The molecule has 28 heavy (non-hydrogen) atoms. The number of likely N-dealkylation sites (tertiary alicyclic amines) is 1. The van der Waals surface area contributed by atoms with Crippen molar-refractivity contribution in [3.63, 3.8) is 0 Å². The van der Waals surface area contributed by atoms with Crippen LogP contribution in [0.4, 0.5) is 4.79 Å². The number of fused-ring (bicyclic) bond motifs is 1. The van der Waals surface area contributed by atoms with Gasteiger partial charge in [0.15, 0.2) is 5.82 Å². The second kappa shape index (κ2) is 6.92. The first kappa shape index (κ1) is 18.5. The molecule has 3 aromatic rings. The molecule has 8 nitrogen and oxygen atoms in total. The molecule has 0 aliphatic carbocycles. The number of nitrogens with one attached hydrogen (secondary N) is 2. The number of nitrogens with zero attached hydrogens (tertiary/aromatic N) is 4. The minimum atomic E-state index is -0.189. The van der Waals surface area contributed by atoms with Gasteiger partial charge >= 0.3 is 6.03 Å². The molecule has 1 atom stereocenters. The van der Waals surface area contributed by atoms with Crippen LogP contribution >= 0.6 is 0 Å². The number of carbonyl (C=O) groups excluding carboxylic acids is 1. The van der Waals surface area contributed by atoms with Crippen molar-refractivity contribution in [1.29, 1.82) is 0 Å². The Morgan fingerprint density at radius 3 is 2.89 bits per heavy atom. The van der Waals surface area contributed by atoms with Crippen molar-refractivity contribution in [2.45, 2.75) is 58.5 Å². The SMILES string of the molecule is Cc1cccc2[nH]c(C3CCCN3C(=O)NCc3nc(C(C)(C)C)no3)nc12. The Kier molecular flexibility index (Phi) is 4.56. The van der Waals surface area contributed by atoms with Gasteiger partial charge in [0.25, 0.3) is 0 Å². The van der Waals surface area contributed by atoms with Crippen LogP contribution in [0.25, 0.3) is 11.0 Å². The summed E-state index contributed by atoms with van der Waals surface area (Å²) in [5.41, 5.74) is 2.90. The zero-order valence-corrected chi connectivity index (χ0v) is 16.7. The zero-order chi connectivity index (χ0) is 19.9. The summed E-state index contributed by atoms with van der Waals surface area (Å²) in [5, 5.41) is 6.89. The highest BCUT2D eigenvalue weighted by atomic mass is 16.5. The van der Waals surface area contributed by atoms with Gasteiger partial charge in [-0.3, -0.25) is 0 Å². The quantitative estimate of drug-likeness (QED) is 0.721. The van der Waals surface area contributed by atoms with E-state index in [4.69, 9.17) is 9.51 Å². The average molecular weight is 382 g/mol. The molecule has 0 saturated carbocycles. The van der Waals surface area contributed by atoms with Gasteiger partial charge in [0, 0.05) is 12.0 Å². The van der Waals surface area contributed by atoms with Gasteiger partial charge in [-0.2, -0.15) is 4.98 Å². The molecule has 0 bridgehead atoms. The first-order valence-corrected chi connectivity index (χ1v) is 9.65. The number of aromatic nitrogens is 4. The fourth-order valence-corrected chi connectivity index (χ4v) is 3.53. The minimum absolute atomic E-state index is 0.0559. The predicted molar refractivity (Wildman–Crippen MR) is 105 cm³/mol. The number of imidazole rings is 1. The van der Waals surface area contributed by atoms with E-state index < -0.39 is 0 Å². The van der Waals surface area contributed by atoms with Gasteiger partial charge in [0.1, 0.15) is 5.82 Å². The molecule has 1 aromatic carbocycles. The van der Waals surface area contributed by atoms with Crippen LogP contribution in [0.1, 0.15) is 62.8 Å². The lowest BCUT2D eigenvalue weighted by molar-refractivity contribution is 0.189. The second-order valence-corrected chi connectivity index (χ2v) is 8.36. The van der Waals surface area contributed by atoms with E-state index in [2.05, 4.69) is 20.4 Å². The summed E-state index contributed by atoms with van der Waals surface area (Å²) in [6, 6.07) is 5.87. The maximum Gasteiger partial charge on any atom is 0.318 e. The largest absolute Gasteiger partial charge is 0.340 e. The maximum atomic E-state index is 12.8. The lowest BCUT2D eigenvalue weighted by atomic mass is 9.96. The van der Waals surface area contributed by atoms with Crippen molar-refractivity contribution < 1.29 is 9.32 Å². The van der Waals surface area contributed by atoms with Crippen LogP contribution in [-0.2, 0) is 12.0 Å². The van der Waals surface area contributed by atoms with Gasteiger partial charge in [0.2, 0.25) is 5.89 Å². The van der Waals surface area contributed by atoms with Crippen LogP contribution < -0.4 is 5.32 Å². The third-order valence-corrected chi connectivity index (χ3v) is 5.09. The third-order valence-electron chi connectivity index (χ3n) is 5.09. The highest BCUT2D eigenvalue weighted by Crippen LogP contribution is 2.32. The van der Waals surface area contributed by atoms with E-state index in [0.717, 1.165) is 35.3 Å². The summed E-state index contributed by atoms with van der Waals surface area (Å²) in [6.45, 7) is 9.01. The van der Waals surface area contributed by atoms with E-state index in [-0.39, 0.29) is 24.0 Å². The summed E-state index contributed by atoms with van der Waals surface area (Å²) < 4.78 is 5.26. The lowest BCUT2D eigenvalue weighted by Gasteiger charge is -2.23. The van der Waals surface area contributed by atoms with Gasteiger partial charge < -0.3 is 19.7 Å². The topological polar surface area (TPSA) is 99.9 Å². The second-order valence-electron chi connectivity index (χ2n) is 8.36. The number of rotatable bonds is 3. The van der Waals surface area contributed by atoms with E-state index in [9.17, 15) is 4.79 Å². The number of amides is 2. The highest BCUT2D eigenvalue weighted by molar-refractivity contribution is 5.79. The number of H-pyrrole nitrogens is 1. The molecular formula is C20H26N6O2. The van der Waals surface area contributed by atoms with E-state index >= 15 is 0 Å². The Hall–Kier alpha value is -2.90. The maximum absolute atomic E-state index is 12.8. The van der Waals surface area contributed by atoms with Crippen LogP contribution in [0.2, 0.25) is 0 Å². The number of hydrogen-bond donors (Lipinski definition) is 2. The highest BCUT2D eigenvalue weighted by Gasteiger charge is 2.32. The molecular weight excluding hydrogens is 356 g/mol. The Morgan fingerprint density at radius 1 is 1.36 bits per heavy atom. The van der Waals surface area contributed by atoms with Crippen molar-refractivity contribution >= 4 is 17.1 Å². The number of para-hydroxylation sites is 1. The number of benzene rings is 1. The van der Waals surface area contributed by atoms with Crippen LogP contribution in [0.15, 0.2) is 22.7 Å². The van der Waals surface area contributed by atoms with E-state index in [1.807, 2.05) is 50.8 Å². The number of aryl methyl sites for hydroxylation is 1. The normalized spacial score (nSPS) is 17.4. The summed E-state index contributed by atoms with van der Waals surface area (Å²) in [7, 11) is 0. The monoisotopic (exact) mass is 382 g/mol. The Morgan fingerprint density at radius 2 is 2.18 bits per heavy atom. The molecule has 1 saturated heterocycles. The molecule has 4 rings (SSSR count). The van der Waals surface area contributed by atoms with Crippen molar-refractivity contribution in [2.24, 2.45) is 0 Å². The molecule has 1 unspecified atom stereocenters. The number of carbonyl (C=O) groups is 1. The van der Waals surface area contributed by atoms with Gasteiger partial charge in [-0.15, -0.1) is 0 Å². The van der Waals surface area contributed by atoms with Crippen LogP contribution in [-0.4, -0.2) is 37.6 Å². The fraction of sp³-hybridized carbons (Fsp3) is 0.500. The van der Waals surface area contributed by atoms with Gasteiger partial charge in [0.05, 0.1) is 23.6 Å².